The van der Waals surface area contributed by atoms with Crippen LogP contribution in [0.2, 0.25) is 0 Å². The van der Waals surface area contributed by atoms with E-state index in [-0.39, 0.29) is 42.5 Å². The van der Waals surface area contributed by atoms with Gasteiger partial charge in [-0.1, -0.05) is 6.07 Å². The van der Waals surface area contributed by atoms with E-state index < -0.39 is 46.5 Å². The van der Waals surface area contributed by atoms with Crippen molar-refractivity contribution in [3.63, 3.8) is 0 Å². The summed E-state index contributed by atoms with van der Waals surface area (Å²) < 4.78 is 101. The molecule has 0 radical (unpaired) electrons. The van der Waals surface area contributed by atoms with Gasteiger partial charge in [0.1, 0.15) is 0 Å². The first-order chi connectivity index (χ1) is 15.0. The molecule has 2 aliphatic rings. The van der Waals surface area contributed by atoms with Gasteiger partial charge in [-0.05, 0) is 24.1 Å². The van der Waals surface area contributed by atoms with E-state index in [4.69, 9.17) is 9.15 Å². The number of fused-ring (bicyclic) bond motifs is 1. The molecule has 0 spiro atoms. The fraction of sp³-hybridized carbons (Fsp3) is 0.471. The maximum absolute atomic E-state index is 13.2. The van der Waals surface area contributed by atoms with Crippen molar-refractivity contribution in [2.45, 2.75) is 42.5 Å². The molecular formula is C17H15F5N4O5S. The molecule has 1 fully saturated rings. The Kier molecular flexibility index (Phi) is 5.67. The van der Waals surface area contributed by atoms with Gasteiger partial charge in [-0.2, -0.15) is 26.3 Å². The summed E-state index contributed by atoms with van der Waals surface area (Å²) >= 11 is 0. The number of ether oxygens (including phenoxy) is 1. The summed E-state index contributed by atoms with van der Waals surface area (Å²) in [6, 6.07) is 1.82. The molecule has 1 amide bonds. The minimum absolute atomic E-state index is 0.0598. The van der Waals surface area contributed by atoms with Gasteiger partial charge in [-0.3, -0.25) is 4.79 Å². The van der Waals surface area contributed by atoms with Crippen LogP contribution in [0, 0.1) is 0 Å². The topological polar surface area (TPSA) is 115 Å². The van der Waals surface area contributed by atoms with Gasteiger partial charge in [0.2, 0.25) is 15.9 Å². The van der Waals surface area contributed by atoms with Crippen molar-refractivity contribution in [3.05, 3.63) is 29.7 Å². The number of rotatable bonds is 4. The van der Waals surface area contributed by atoms with Gasteiger partial charge in [0.15, 0.2) is 0 Å². The quantitative estimate of drug-likeness (QED) is 0.663. The van der Waals surface area contributed by atoms with Gasteiger partial charge >= 0.3 is 18.5 Å². The Morgan fingerprint density at radius 1 is 1.25 bits per heavy atom. The largest absolute Gasteiger partial charge is 0.471 e. The second kappa shape index (κ2) is 8.04. The third kappa shape index (κ3) is 4.06. The number of sulfonamides is 1. The van der Waals surface area contributed by atoms with Crippen molar-refractivity contribution in [2.24, 2.45) is 0 Å². The maximum atomic E-state index is 13.2. The monoisotopic (exact) mass is 482 g/mol. The molecule has 2 aliphatic heterocycles. The summed E-state index contributed by atoms with van der Waals surface area (Å²) in [7, 11) is -4.18. The Morgan fingerprint density at radius 3 is 2.66 bits per heavy atom. The fourth-order valence-electron chi connectivity index (χ4n) is 3.63. The van der Waals surface area contributed by atoms with E-state index in [1.54, 1.807) is 5.32 Å². The first kappa shape index (κ1) is 22.5. The van der Waals surface area contributed by atoms with Crippen LogP contribution >= 0.6 is 0 Å². The number of hydrogen-bond acceptors (Lipinski definition) is 7. The molecule has 0 bridgehead atoms. The van der Waals surface area contributed by atoms with Crippen LogP contribution in [-0.4, -0.2) is 60.3 Å². The summed E-state index contributed by atoms with van der Waals surface area (Å²) in [4.78, 5) is 11.2. The predicted molar refractivity (Wildman–Crippen MR) is 94.6 cm³/mol. The molecule has 32 heavy (non-hydrogen) atoms. The van der Waals surface area contributed by atoms with Crippen LogP contribution < -0.4 is 5.32 Å². The first-order valence-corrected chi connectivity index (χ1v) is 10.6. The van der Waals surface area contributed by atoms with Crippen molar-refractivity contribution in [2.75, 3.05) is 13.2 Å². The zero-order valence-corrected chi connectivity index (χ0v) is 16.8. The lowest BCUT2D eigenvalue weighted by Gasteiger charge is -2.37. The molecule has 1 aromatic carbocycles. The third-order valence-electron chi connectivity index (χ3n) is 5.12. The van der Waals surface area contributed by atoms with Crippen LogP contribution in [0.3, 0.4) is 0 Å². The normalized spacial score (nSPS) is 23.3. The van der Waals surface area contributed by atoms with E-state index in [0.29, 0.717) is 5.56 Å². The second-order valence-electron chi connectivity index (χ2n) is 7.13. The predicted octanol–water partition coefficient (Wildman–Crippen LogP) is 2.01. The molecule has 15 heteroatoms. The molecule has 2 atom stereocenters. The molecule has 174 valence electrons. The molecule has 0 aliphatic carbocycles. The molecule has 0 saturated carbocycles. The molecule has 1 N–H and O–H groups in total. The minimum atomic E-state index is -5.13. The average Bonchev–Trinajstić information content (AvgIpc) is 3.31. The van der Waals surface area contributed by atoms with E-state index in [2.05, 4.69) is 10.2 Å². The second-order valence-corrected chi connectivity index (χ2v) is 8.99. The Hall–Kier alpha value is -2.65. The molecule has 1 saturated heterocycles. The average molecular weight is 482 g/mol. The molecule has 2 aromatic rings. The van der Waals surface area contributed by atoms with E-state index >= 15 is 0 Å². The summed E-state index contributed by atoms with van der Waals surface area (Å²) in [5.74, 6) is -3.42. The number of amides is 1. The highest BCUT2D eigenvalue weighted by Crippen LogP contribution is 2.37. The fourth-order valence-corrected chi connectivity index (χ4v) is 5.54. The number of hydrogen-bond donors (Lipinski definition) is 1. The lowest BCUT2D eigenvalue weighted by atomic mass is 10.0. The molecular weight excluding hydrogens is 467 g/mol. The van der Waals surface area contributed by atoms with E-state index in [1.807, 2.05) is 0 Å². The zero-order valence-electron chi connectivity index (χ0n) is 16.0. The van der Waals surface area contributed by atoms with Crippen LogP contribution in [0.5, 0.6) is 0 Å². The number of alkyl halides is 5. The Balaban J connectivity index is 1.62. The zero-order chi connectivity index (χ0) is 23.3. The lowest BCUT2D eigenvalue weighted by molar-refractivity contribution is -0.175. The number of carbonyl (C=O) groups excluding carboxylic acids is 1. The van der Waals surface area contributed by atoms with Crippen molar-refractivity contribution in [1.82, 2.24) is 19.8 Å². The molecule has 0 unspecified atom stereocenters. The van der Waals surface area contributed by atoms with Gasteiger partial charge in [0.05, 0.1) is 23.6 Å². The number of nitrogens with zero attached hydrogens (tertiary/aromatic N) is 3. The van der Waals surface area contributed by atoms with Crippen molar-refractivity contribution in [1.29, 1.82) is 0 Å². The summed E-state index contributed by atoms with van der Waals surface area (Å²) in [5.41, 5.74) is 0.428. The third-order valence-corrected chi connectivity index (χ3v) is 7.07. The number of aromatic nitrogens is 2. The highest BCUT2D eigenvalue weighted by atomic mass is 32.2. The summed E-state index contributed by atoms with van der Waals surface area (Å²) in [5, 5.41) is 8.48. The van der Waals surface area contributed by atoms with Crippen molar-refractivity contribution >= 4 is 15.9 Å². The minimum Gasteiger partial charge on any atom is -0.415 e. The Morgan fingerprint density at radius 2 is 2.00 bits per heavy atom. The van der Waals surface area contributed by atoms with E-state index in [9.17, 15) is 35.2 Å². The highest BCUT2D eigenvalue weighted by molar-refractivity contribution is 7.89. The van der Waals surface area contributed by atoms with Gasteiger partial charge in [-0.15, -0.1) is 10.2 Å². The lowest BCUT2D eigenvalue weighted by Crippen LogP contribution is -2.58. The van der Waals surface area contributed by atoms with Crippen LogP contribution in [0.4, 0.5) is 22.0 Å². The van der Waals surface area contributed by atoms with E-state index in [1.165, 1.54) is 18.2 Å². The molecule has 9 nitrogen and oxygen atoms in total. The SMILES string of the molecule is O=C(N[C@@H]1COCC[C@H]1N1Cc2ccc(-c3nnc(C(F)F)o3)cc2S1(=O)=O)C(F)(F)F. The van der Waals surface area contributed by atoms with Crippen LogP contribution in [0.25, 0.3) is 11.5 Å². The van der Waals surface area contributed by atoms with Crippen LogP contribution in [0.15, 0.2) is 27.5 Å². The standard InChI is InChI=1S/C17H15F5N4O5S/c18-13(19)15-25-24-14(31-15)8-1-2-9-6-26(32(28,29)12(9)5-8)11-3-4-30-7-10(11)23-16(27)17(20,21)22/h1-2,5,10-11,13H,3-4,6-7H2,(H,23,27)/t10-,11-/m1/s1. The van der Waals surface area contributed by atoms with Gasteiger partial charge < -0.3 is 14.5 Å². The van der Waals surface area contributed by atoms with Crippen molar-refractivity contribution < 1.29 is 44.3 Å². The van der Waals surface area contributed by atoms with Crippen molar-refractivity contribution in [3.8, 4) is 11.5 Å². The number of halogens is 5. The summed E-state index contributed by atoms with van der Waals surface area (Å²) in [6.07, 6.45) is -8.07. The molecule has 3 heterocycles. The number of nitrogens with one attached hydrogen (secondary N) is 1. The van der Waals surface area contributed by atoms with Crippen LogP contribution in [-0.2, 0) is 26.1 Å². The maximum Gasteiger partial charge on any atom is 0.471 e. The molecule has 1 aromatic heterocycles. The van der Waals surface area contributed by atoms with E-state index in [0.717, 1.165) is 4.31 Å². The smallest absolute Gasteiger partial charge is 0.415 e. The van der Waals surface area contributed by atoms with Gasteiger partial charge in [-0.25, -0.2) is 8.42 Å². The summed E-state index contributed by atoms with van der Waals surface area (Å²) in [6.45, 7) is -0.347. The Bertz CT molecular complexity index is 1140. The van der Waals surface area contributed by atoms with Crippen LogP contribution in [0.1, 0.15) is 24.3 Å². The van der Waals surface area contributed by atoms with Gasteiger partial charge in [0, 0.05) is 18.7 Å². The number of benzene rings is 1. The van der Waals surface area contributed by atoms with Gasteiger partial charge in [0.25, 0.3) is 5.89 Å². The molecule has 4 rings (SSSR count). The Labute approximate surface area is 177 Å². The number of carbonyl (C=O) groups is 1. The first-order valence-electron chi connectivity index (χ1n) is 9.20. The highest BCUT2D eigenvalue weighted by Gasteiger charge is 2.46.